The number of aldehydes is 1. The number of carbonyl (C=O) groups excluding carboxylic acids is 1. The molecule has 0 fully saturated rings. The molecule has 0 rings (SSSR count). The van der Waals surface area contributed by atoms with Crippen LogP contribution in [0.5, 0.6) is 0 Å². The zero-order valence-corrected chi connectivity index (χ0v) is 5.55. The van der Waals surface area contributed by atoms with E-state index in [1.54, 1.807) is 0 Å². The first-order valence-electron chi connectivity index (χ1n) is 2.08. The van der Waals surface area contributed by atoms with E-state index < -0.39 is 10.1 Å². The van der Waals surface area contributed by atoms with Crippen LogP contribution in [0.3, 0.4) is 0 Å². The van der Waals surface area contributed by atoms with Gasteiger partial charge in [-0.3, -0.25) is 9.35 Å². The van der Waals surface area contributed by atoms with Gasteiger partial charge in [0.15, 0.2) is 0 Å². The molecule has 5 heteroatoms. The van der Waals surface area contributed by atoms with Crippen molar-refractivity contribution in [2.45, 2.75) is 6.92 Å². The van der Waals surface area contributed by atoms with E-state index in [1.807, 2.05) is 0 Å². The maximum atomic E-state index is 10.0. The van der Waals surface area contributed by atoms with Crippen molar-refractivity contribution in [1.82, 2.24) is 0 Å². The van der Waals surface area contributed by atoms with Crippen molar-refractivity contribution < 1.29 is 17.8 Å². The predicted molar refractivity (Wildman–Crippen MR) is 31.4 cm³/mol. The molecule has 52 valence electrons. The Morgan fingerprint density at radius 2 is 2.00 bits per heavy atom. The zero-order valence-electron chi connectivity index (χ0n) is 4.73. The maximum absolute atomic E-state index is 10.0. The lowest BCUT2D eigenvalue weighted by molar-refractivity contribution is -0.104. The first-order valence-corrected chi connectivity index (χ1v) is 3.52. The largest absolute Gasteiger partial charge is 0.299 e. The minimum Gasteiger partial charge on any atom is -0.299 e. The minimum absolute atomic E-state index is 0.295. The van der Waals surface area contributed by atoms with E-state index in [2.05, 4.69) is 0 Å². The third kappa shape index (κ3) is 2.99. The minimum atomic E-state index is -4.14. The fourth-order valence-corrected chi connectivity index (χ4v) is 0.409. The van der Waals surface area contributed by atoms with Crippen LogP contribution in [0.4, 0.5) is 0 Å². The number of allylic oxidation sites excluding steroid dienone is 2. The van der Waals surface area contributed by atoms with Crippen LogP contribution in [0.2, 0.25) is 0 Å². The molecular weight excluding hydrogens is 144 g/mol. The van der Waals surface area contributed by atoms with Crippen molar-refractivity contribution in [3.05, 3.63) is 11.0 Å². The fraction of sp³-hybridized carbons (Fsp3) is 0.250. The van der Waals surface area contributed by atoms with E-state index in [1.165, 1.54) is 0 Å². The Kier molecular flexibility index (Phi) is 2.54. The van der Waals surface area contributed by atoms with Crippen LogP contribution in [0.15, 0.2) is 11.0 Å². The third-order valence-corrected chi connectivity index (χ3v) is 1.66. The van der Waals surface area contributed by atoms with Gasteiger partial charge in [-0.25, -0.2) is 0 Å². The van der Waals surface area contributed by atoms with E-state index >= 15 is 0 Å². The van der Waals surface area contributed by atoms with Crippen LogP contribution in [0.25, 0.3) is 0 Å². The van der Waals surface area contributed by atoms with Gasteiger partial charge < -0.3 is 0 Å². The normalized spacial score (nSPS) is 13.3. The molecule has 0 atom stereocenters. The molecule has 0 radical (unpaired) electrons. The van der Waals surface area contributed by atoms with Gasteiger partial charge in [-0.05, 0) is 13.0 Å². The summed E-state index contributed by atoms with van der Waals surface area (Å²) in [7, 11) is -4.14. The average Bonchev–Trinajstić information content (AvgIpc) is 1.64. The zero-order chi connectivity index (χ0) is 7.49. The van der Waals surface area contributed by atoms with Gasteiger partial charge in [-0.2, -0.15) is 8.42 Å². The molecule has 0 aromatic carbocycles. The van der Waals surface area contributed by atoms with Gasteiger partial charge in [0.2, 0.25) is 0 Å². The molecule has 0 aromatic rings. The molecule has 4 nitrogen and oxygen atoms in total. The van der Waals surface area contributed by atoms with Gasteiger partial charge in [0.1, 0.15) is 6.29 Å². The van der Waals surface area contributed by atoms with E-state index in [-0.39, 0.29) is 4.91 Å². The van der Waals surface area contributed by atoms with Crippen LogP contribution in [-0.2, 0) is 14.9 Å². The Morgan fingerprint density at radius 3 is 2.11 bits per heavy atom. The molecule has 1 N–H and O–H groups in total. The van der Waals surface area contributed by atoms with Crippen LogP contribution >= 0.6 is 0 Å². The van der Waals surface area contributed by atoms with Crippen LogP contribution in [0.1, 0.15) is 6.92 Å². The number of carbonyl (C=O) groups is 1. The molecular formula is C4H6O4S. The van der Waals surface area contributed by atoms with E-state index in [9.17, 15) is 13.2 Å². The van der Waals surface area contributed by atoms with Crippen LogP contribution in [-0.4, -0.2) is 19.3 Å². The highest BCUT2D eigenvalue weighted by Gasteiger charge is 2.05. The van der Waals surface area contributed by atoms with Crippen LogP contribution in [0, 0.1) is 0 Å². The molecule has 0 aliphatic carbocycles. The molecule has 0 heterocycles. The van der Waals surface area contributed by atoms with E-state index in [0.717, 1.165) is 13.0 Å². The quantitative estimate of drug-likeness (QED) is 0.341. The Hall–Kier alpha value is -0.680. The number of hydrogen-bond donors (Lipinski definition) is 1. The second kappa shape index (κ2) is 2.75. The molecule has 0 aliphatic rings. The lowest BCUT2D eigenvalue weighted by Gasteiger charge is -1.89. The maximum Gasteiger partial charge on any atom is 0.290 e. The Balaban J connectivity index is 4.61. The molecule has 0 aliphatic heterocycles. The second-order valence-corrected chi connectivity index (χ2v) is 2.98. The van der Waals surface area contributed by atoms with E-state index in [0.29, 0.717) is 6.29 Å². The Bertz CT molecular complexity index is 223. The highest BCUT2D eigenvalue weighted by molar-refractivity contribution is 7.89. The molecule has 0 aromatic heterocycles. The summed E-state index contributed by atoms with van der Waals surface area (Å²) in [5.41, 5.74) is 0. The summed E-state index contributed by atoms with van der Waals surface area (Å²) < 4.78 is 28.3. The third-order valence-electron chi connectivity index (χ3n) is 0.710. The fourth-order valence-electron chi connectivity index (χ4n) is 0.182. The average molecular weight is 150 g/mol. The molecule has 0 bridgehead atoms. The van der Waals surface area contributed by atoms with Crippen LogP contribution < -0.4 is 0 Å². The highest BCUT2D eigenvalue weighted by atomic mass is 32.2. The Morgan fingerprint density at radius 1 is 1.56 bits per heavy atom. The molecule has 0 spiro atoms. The van der Waals surface area contributed by atoms with E-state index in [4.69, 9.17) is 4.55 Å². The molecule has 9 heavy (non-hydrogen) atoms. The summed E-state index contributed by atoms with van der Waals surface area (Å²) >= 11 is 0. The molecule has 0 saturated carbocycles. The summed E-state index contributed by atoms with van der Waals surface area (Å²) in [6, 6.07) is 0. The van der Waals surface area contributed by atoms with Gasteiger partial charge in [-0.15, -0.1) is 0 Å². The van der Waals surface area contributed by atoms with Crippen molar-refractivity contribution in [2.24, 2.45) is 0 Å². The van der Waals surface area contributed by atoms with Gasteiger partial charge in [0.05, 0.1) is 4.91 Å². The summed E-state index contributed by atoms with van der Waals surface area (Å²) in [5.74, 6) is 0. The second-order valence-electron chi connectivity index (χ2n) is 1.39. The number of rotatable bonds is 2. The Labute approximate surface area is 52.9 Å². The van der Waals surface area contributed by atoms with Gasteiger partial charge >= 0.3 is 0 Å². The van der Waals surface area contributed by atoms with Crippen molar-refractivity contribution in [2.75, 3.05) is 0 Å². The molecule has 0 saturated heterocycles. The topological polar surface area (TPSA) is 71.4 Å². The van der Waals surface area contributed by atoms with Crippen molar-refractivity contribution in [3.8, 4) is 0 Å². The van der Waals surface area contributed by atoms with Gasteiger partial charge in [0.25, 0.3) is 10.1 Å². The van der Waals surface area contributed by atoms with Gasteiger partial charge in [0, 0.05) is 0 Å². The summed E-state index contributed by atoms with van der Waals surface area (Å²) in [6.45, 7) is 1.13. The van der Waals surface area contributed by atoms with Crippen molar-refractivity contribution in [3.63, 3.8) is 0 Å². The molecule has 0 amide bonds. The standard InChI is InChI=1S/C4H6O4S/c1-4(2-3-5)9(6,7)8/h2-3H,1H3,(H,6,7,8)/b4-2+. The first kappa shape index (κ1) is 8.32. The smallest absolute Gasteiger partial charge is 0.290 e. The lowest BCUT2D eigenvalue weighted by atomic mass is 10.6. The highest BCUT2D eigenvalue weighted by Crippen LogP contribution is 1.98. The lowest BCUT2D eigenvalue weighted by Crippen LogP contribution is -1.97. The first-order chi connectivity index (χ1) is 3.98. The molecule has 0 unspecified atom stereocenters. The van der Waals surface area contributed by atoms with Crippen molar-refractivity contribution in [1.29, 1.82) is 0 Å². The number of hydrogen-bond acceptors (Lipinski definition) is 3. The summed E-state index contributed by atoms with van der Waals surface area (Å²) in [6.07, 6.45) is 1.07. The van der Waals surface area contributed by atoms with Crippen molar-refractivity contribution >= 4 is 16.4 Å². The predicted octanol–water partition coefficient (Wildman–Crippen LogP) is -0.0231. The van der Waals surface area contributed by atoms with Gasteiger partial charge in [-0.1, -0.05) is 0 Å². The monoisotopic (exact) mass is 150 g/mol. The summed E-state index contributed by atoms with van der Waals surface area (Å²) in [5, 5.41) is 0. The SMILES string of the molecule is C/C(=C\C=O)S(=O)(=O)O. The summed E-state index contributed by atoms with van der Waals surface area (Å²) in [4.78, 5) is 9.26.